The van der Waals surface area contributed by atoms with Crippen molar-refractivity contribution in [3.8, 4) is 11.5 Å². The molecule has 78 valence electrons. The van der Waals surface area contributed by atoms with Crippen molar-refractivity contribution in [2.75, 3.05) is 0 Å². The van der Waals surface area contributed by atoms with Crippen LogP contribution in [-0.4, -0.2) is 15.2 Å². The normalized spacial score (nSPS) is 10.8. The Morgan fingerprint density at radius 3 is 2.94 bits per heavy atom. The summed E-state index contributed by atoms with van der Waals surface area (Å²) in [6.07, 6.45) is 1.72. The monoisotopic (exact) mass is 229 g/mol. The third-order valence-corrected chi connectivity index (χ3v) is 2.45. The van der Waals surface area contributed by atoms with Gasteiger partial charge in [0.25, 0.3) is 4.84 Å². The van der Waals surface area contributed by atoms with E-state index in [0.29, 0.717) is 5.89 Å². The van der Waals surface area contributed by atoms with Crippen LogP contribution in [-0.2, 0) is 0 Å². The number of aromatic nitrogens is 3. The van der Waals surface area contributed by atoms with Crippen molar-refractivity contribution in [2.24, 2.45) is 0 Å². The van der Waals surface area contributed by atoms with E-state index in [1.54, 1.807) is 6.20 Å². The third-order valence-electron chi connectivity index (χ3n) is 2.28. The summed E-state index contributed by atoms with van der Waals surface area (Å²) in [7, 11) is 0. The highest BCUT2D eigenvalue weighted by molar-refractivity contribution is 7.71. The molecule has 0 aliphatic heterocycles. The average Bonchev–Trinajstić information content (AvgIpc) is 2.75. The molecule has 1 N–H and O–H groups in total. The summed E-state index contributed by atoms with van der Waals surface area (Å²) in [5, 5.41) is 7.59. The van der Waals surface area contributed by atoms with Crippen molar-refractivity contribution in [1.82, 2.24) is 15.2 Å². The van der Waals surface area contributed by atoms with Gasteiger partial charge in [0.1, 0.15) is 0 Å². The summed E-state index contributed by atoms with van der Waals surface area (Å²) in [6, 6.07) is 9.84. The lowest BCUT2D eigenvalue weighted by Crippen LogP contribution is -1.82. The molecule has 16 heavy (non-hydrogen) atoms. The highest BCUT2D eigenvalue weighted by Gasteiger charge is 2.05. The van der Waals surface area contributed by atoms with Gasteiger partial charge in [0.2, 0.25) is 5.89 Å². The molecule has 4 nitrogen and oxygen atoms in total. The van der Waals surface area contributed by atoms with Crippen LogP contribution in [0.2, 0.25) is 0 Å². The molecule has 0 spiro atoms. The van der Waals surface area contributed by atoms with Crippen LogP contribution in [0.4, 0.5) is 0 Å². The van der Waals surface area contributed by atoms with Gasteiger partial charge in [-0.3, -0.25) is 4.98 Å². The molecule has 2 aromatic heterocycles. The summed E-state index contributed by atoms with van der Waals surface area (Å²) in [5.74, 6) is 0.461. The average molecular weight is 229 g/mol. The number of nitrogens with one attached hydrogen (secondary N) is 1. The molecule has 1 aromatic carbocycles. The van der Waals surface area contributed by atoms with Gasteiger partial charge < -0.3 is 4.42 Å². The first kappa shape index (κ1) is 9.23. The lowest BCUT2D eigenvalue weighted by atomic mass is 10.1. The van der Waals surface area contributed by atoms with E-state index in [-0.39, 0.29) is 4.84 Å². The summed E-state index contributed by atoms with van der Waals surface area (Å²) < 4.78 is 5.23. The van der Waals surface area contributed by atoms with Crippen LogP contribution in [0, 0.1) is 4.84 Å². The van der Waals surface area contributed by atoms with E-state index in [9.17, 15) is 0 Å². The molecule has 0 saturated heterocycles. The van der Waals surface area contributed by atoms with Gasteiger partial charge >= 0.3 is 0 Å². The Morgan fingerprint density at radius 1 is 1.25 bits per heavy atom. The highest BCUT2D eigenvalue weighted by atomic mass is 32.1. The van der Waals surface area contributed by atoms with Gasteiger partial charge in [0, 0.05) is 11.6 Å². The summed E-state index contributed by atoms with van der Waals surface area (Å²) in [4.78, 5) is 4.59. The van der Waals surface area contributed by atoms with Gasteiger partial charge in [-0.15, -0.1) is 5.10 Å². The van der Waals surface area contributed by atoms with Crippen LogP contribution in [0.3, 0.4) is 0 Å². The number of para-hydroxylation sites is 1. The number of aromatic amines is 1. The molecule has 0 aliphatic carbocycles. The SMILES string of the molecule is S=c1[nH]nc(-c2cnc3ccccc3c2)o1. The molecule has 2 heterocycles. The van der Waals surface area contributed by atoms with Gasteiger partial charge in [0.15, 0.2) is 0 Å². The largest absolute Gasteiger partial charge is 0.409 e. The van der Waals surface area contributed by atoms with Crippen molar-refractivity contribution in [1.29, 1.82) is 0 Å². The maximum absolute atomic E-state index is 5.23. The molecule has 0 fully saturated rings. The number of hydrogen-bond donors (Lipinski definition) is 1. The minimum absolute atomic E-state index is 0.267. The standard InChI is InChI=1S/C11H7N3OS/c16-11-14-13-10(15-11)8-5-7-3-1-2-4-9(7)12-6-8/h1-6H,(H,14,16). The number of hydrogen-bond acceptors (Lipinski definition) is 4. The molecule has 0 radical (unpaired) electrons. The van der Waals surface area contributed by atoms with Crippen molar-refractivity contribution < 1.29 is 4.42 Å². The van der Waals surface area contributed by atoms with Crippen LogP contribution in [0.25, 0.3) is 22.4 Å². The third kappa shape index (κ3) is 1.51. The van der Waals surface area contributed by atoms with Gasteiger partial charge in [-0.2, -0.15) is 0 Å². The maximum Gasteiger partial charge on any atom is 0.284 e. The lowest BCUT2D eigenvalue weighted by Gasteiger charge is -1.98. The van der Waals surface area contributed by atoms with Crippen molar-refractivity contribution in [3.05, 3.63) is 41.4 Å². The van der Waals surface area contributed by atoms with Crippen molar-refractivity contribution >= 4 is 23.1 Å². The second kappa shape index (κ2) is 3.53. The van der Waals surface area contributed by atoms with Gasteiger partial charge in [-0.05, 0) is 24.4 Å². The van der Waals surface area contributed by atoms with E-state index < -0.39 is 0 Å². The van der Waals surface area contributed by atoms with E-state index in [1.165, 1.54) is 0 Å². The number of benzene rings is 1. The van der Waals surface area contributed by atoms with E-state index in [2.05, 4.69) is 15.2 Å². The Labute approximate surface area is 96.0 Å². The fraction of sp³-hybridized carbons (Fsp3) is 0. The van der Waals surface area contributed by atoms with E-state index in [1.807, 2.05) is 30.3 Å². The summed E-state index contributed by atoms with van der Waals surface area (Å²) in [6.45, 7) is 0. The summed E-state index contributed by atoms with van der Waals surface area (Å²) >= 11 is 4.82. The van der Waals surface area contributed by atoms with E-state index in [0.717, 1.165) is 16.5 Å². The Morgan fingerprint density at radius 2 is 2.12 bits per heavy atom. The molecule has 3 aromatic rings. The second-order valence-electron chi connectivity index (χ2n) is 3.33. The lowest BCUT2D eigenvalue weighted by molar-refractivity contribution is 0.552. The molecule has 0 aliphatic rings. The molecule has 5 heteroatoms. The Hall–Kier alpha value is -2.01. The van der Waals surface area contributed by atoms with Crippen LogP contribution >= 0.6 is 12.2 Å². The zero-order valence-corrected chi connectivity index (χ0v) is 8.99. The molecular weight excluding hydrogens is 222 g/mol. The predicted octanol–water partition coefficient (Wildman–Crippen LogP) is 2.95. The minimum atomic E-state index is 0.267. The van der Waals surface area contributed by atoms with Gasteiger partial charge in [-0.1, -0.05) is 18.2 Å². The Balaban J connectivity index is 2.22. The molecule has 3 rings (SSSR count). The molecule has 0 saturated carbocycles. The number of nitrogens with zero attached hydrogens (tertiary/aromatic N) is 2. The first-order valence-corrected chi connectivity index (χ1v) is 5.14. The molecule has 0 unspecified atom stereocenters. The Bertz CT molecular complexity index is 701. The van der Waals surface area contributed by atoms with E-state index in [4.69, 9.17) is 16.6 Å². The van der Waals surface area contributed by atoms with E-state index >= 15 is 0 Å². The zero-order valence-electron chi connectivity index (χ0n) is 8.18. The number of H-pyrrole nitrogens is 1. The fourth-order valence-corrected chi connectivity index (χ4v) is 1.67. The van der Waals surface area contributed by atoms with Crippen LogP contribution in [0.5, 0.6) is 0 Å². The maximum atomic E-state index is 5.23. The fourth-order valence-electron chi connectivity index (χ4n) is 1.54. The summed E-state index contributed by atoms with van der Waals surface area (Å²) in [5.41, 5.74) is 1.76. The van der Waals surface area contributed by atoms with Crippen molar-refractivity contribution in [3.63, 3.8) is 0 Å². The minimum Gasteiger partial charge on any atom is -0.409 e. The first-order chi connectivity index (χ1) is 7.83. The molecule has 0 bridgehead atoms. The molecule has 0 amide bonds. The molecule has 0 atom stereocenters. The molecular formula is C11H7N3OS. The number of rotatable bonds is 1. The topological polar surface area (TPSA) is 54.7 Å². The number of fused-ring (bicyclic) bond motifs is 1. The van der Waals surface area contributed by atoms with Crippen LogP contribution in [0.15, 0.2) is 40.9 Å². The quantitative estimate of drug-likeness (QED) is 0.652. The van der Waals surface area contributed by atoms with Gasteiger partial charge in [-0.25, -0.2) is 5.10 Å². The highest BCUT2D eigenvalue weighted by Crippen LogP contribution is 2.20. The van der Waals surface area contributed by atoms with Gasteiger partial charge in [0.05, 0.1) is 11.1 Å². The first-order valence-electron chi connectivity index (χ1n) is 4.73. The zero-order chi connectivity index (χ0) is 11.0. The van der Waals surface area contributed by atoms with Crippen LogP contribution < -0.4 is 0 Å². The smallest absolute Gasteiger partial charge is 0.284 e. The predicted molar refractivity (Wildman–Crippen MR) is 62.4 cm³/mol. The second-order valence-corrected chi connectivity index (χ2v) is 3.71. The Kier molecular flexibility index (Phi) is 2.04. The van der Waals surface area contributed by atoms with Crippen LogP contribution in [0.1, 0.15) is 0 Å². The van der Waals surface area contributed by atoms with Crippen molar-refractivity contribution in [2.45, 2.75) is 0 Å². The number of pyridine rings is 1.